The van der Waals surface area contributed by atoms with Crippen LogP contribution in [0.15, 0.2) is 30.3 Å². The van der Waals surface area contributed by atoms with Crippen molar-refractivity contribution in [1.82, 2.24) is 14.7 Å². The predicted molar refractivity (Wildman–Crippen MR) is 116 cm³/mol. The van der Waals surface area contributed by atoms with Crippen LogP contribution in [0.3, 0.4) is 0 Å². The van der Waals surface area contributed by atoms with Crippen molar-refractivity contribution < 1.29 is 14.3 Å². The van der Waals surface area contributed by atoms with Gasteiger partial charge in [0.1, 0.15) is 0 Å². The number of nitrogens with zero attached hydrogens (tertiary/aromatic N) is 3. The Morgan fingerprint density at radius 2 is 1.70 bits per heavy atom. The molecule has 3 heterocycles. The van der Waals surface area contributed by atoms with Gasteiger partial charge >= 0.3 is 0 Å². The predicted octanol–water partition coefficient (Wildman–Crippen LogP) is 2.32. The Labute approximate surface area is 180 Å². The molecule has 164 valence electrons. The number of carbonyl (C=O) groups excluding carboxylic acids is 2. The first-order chi connectivity index (χ1) is 14.5. The molecule has 0 N–H and O–H groups in total. The van der Waals surface area contributed by atoms with Crippen LogP contribution in [0.4, 0.5) is 0 Å². The number of benzene rings is 1. The van der Waals surface area contributed by atoms with Crippen LogP contribution < -0.4 is 0 Å². The third kappa shape index (κ3) is 5.03. The molecule has 3 aliphatic heterocycles. The van der Waals surface area contributed by atoms with Gasteiger partial charge in [-0.25, -0.2) is 0 Å². The lowest BCUT2D eigenvalue weighted by Crippen LogP contribution is -2.57. The molecule has 3 aliphatic rings. The van der Waals surface area contributed by atoms with E-state index in [4.69, 9.17) is 4.74 Å². The molecule has 1 atom stereocenters. The molecule has 2 amide bonds. The number of piperidine rings is 1. The number of likely N-dealkylation sites (tertiary alicyclic amines) is 1. The zero-order chi connectivity index (χ0) is 21.0. The van der Waals surface area contributed by atoms with Gasteiger partial charge in [0, 0.05) is 65.3 Å². The number of hydrogen-bond donors (Lipinski definition) is 0. The van der Waals surface area contributed by atoms with Crippen LogP contribution >= 0.6 is 0 Å². The second-order valence-electron chi connectivity index (χ2n) is 9.09. The molecule has 1 aromatic carbocycles. The smallest absolute Gasteiger partial charge is 0.222 e. The Kier molecular flexibility index (Phi) is 6.74. The molecule has 1 aromatic rings. The van der Waals surface area contributed by atoms with Gasteiger partial charge in [-0.15, -0.1) is 0 Å². The van der Waals surface area contributed by atoms with Gasteiger partial charge in [0.2, 0.25) is 11.8 Å². The number of ether oxygens (including phenoxy) is 1. The van der Waals surface area contributed by atoms with Crippen LogP contribution in [0.5, 0.6) is 0 Å². The SMILES string of the molecule is CC(=O)N1CCN([C@@H]2CCOC3(CCN(C(=O)CCc4ccccc4)CC3)C2)CC1. The Morgan fingerprint density at radius 3 is 2.37 bits per heavy atom. The van der Waals surface area contributed by atoms with E-state index in [0.29, 0.717) is 12.5 Å². The minimum Gasteiger partial charge on any atom is -0.375 e. The summed E-state index contributed by atoms with van der Waals surface area (Å²) in [4.78, 5) is 30.8. The molecule has 6 heteroatoms. The summed E-state index contributed by atoms with van der Waals surface area (Å²) < 4.78 is 6.32. The highest BCUT2D eigenvalue weighted by molar-refractivity contribution is 5.76. The summed E-state index contributed by atoms with van der Waals surface area (Å²) >= 11 is 0. The van der Waals surface area contributed by atoms with E-state index in [9.17, 15) is 9.59 Å². The molecule has 0 aromatic heterocycles. The number of carbonyl (C=O) groups is 2. The highest BCUT2D eigenvalue weighted by Crippen LogP contribution is 2.37. The average Bonchev–Trinajstić information content (AvgIpc) is 2.79. The lowest BCUT2D eigenvalue weighted by Gasteiger charge is -2.49. The van der Waals surface area contributed by atoms with E-state index in [1.807, 2.05) is 28.0 Å². The summed E-state index contributed by atoms with van der Waals surface area (Å²) in [7, 11) is 0. The maximum atomic E-state index is 12.7. The molecule has 0 bridgehead atoms. The largest absolute Gasteiger partial charge is 0.375 e. The Morgan fingerprint density at radius 1 is 1.00 bits per heavy atom. The van der Waals surface area contributed by atoms with Crippen molar-refractivity contribution in [3.63, 3.8) is 0 Å². The molecule has 3 saturated heterocycles. The molecule has 0 aliphatic carbocycles. The van der Waals surface area contributed by atoms with Crippen LogP contribution in [0.2, 0.25) is 0 Å². The summed E-state index contributed by atoms with van der Waals surface area (Å²) in [6.45, 7) is 7.67. The maximum Gasteiger partial charge on any atom is 0.222 e. The first-order valence-electron chi connectivity index (χ1n) is 11.5. The molecule has 6 nitrogen and oxygen atoms in total. The van der Waals surface area contributed by atoms with Crippen molar-refractivity contribution in [3.05, 3.63) is 35.9 Å². The highest BCUT2D eigenvalue weighted by Gasteiger charge is 2.42. The molecular weight excluding hydrogens is 378 g/mol. The van der Waals surface area contributed by atoms with E-state index in [0.717, 1.165) is 78.0 Å². The van der Waals surface area contributed by atoms with Gasteiger partial charge in [-0.1, -0.05) is 30.3 Å². The third-order valence-electron chi connectivity index (χ3n) is 7.24. The van der Waals surface area contributed by atoms with Crippen molar-refractivity contribution >= 4 is 11.8 Å². The number of rotatable bonds is 4. The van der Waals surface area contributed by atoms with Crippen LogP contribution in [-0.4, -0.2) is 84.0 Å². The number of hydrogen-bond acceptors (Lipinski definition) is 4. The summed E-state index contributed by atoms with van der Waals surface area (Å²) in [6.07, 6.45) is 5.40. The fraction of sp³-hybridized carbons (Fsp3) is 0.667. The van der Waals surface area contributed by atoms with Crippen molar-refractivity contribution in [1.29, 1.82) is 0 Å². The maximum absolute atomic E-state index is 12.7. The van der Waals surface area contributed by atoms with Crippen LogP contribution in [0.1, 0.15) is 44.6 Å². The number of amides is 2. The molecule has 4 rings (SSSR count). The molecule has 0 radical (unpaired) electrons. The van der Waals surface area contributed by atoms with Crippen LogP contribution in [-0.2, 0) is 20.7 Å². The van der Waals surface area contributed by atoms with E-state index < -0.39 is 0 Å². The fourth-order valence-electron chi connectivity index (χ4n) is 5.28. The van der Waals surface area contributed by atoms with Crippen molar-refractivity contribution in [2.75, 3.05) is 45.9 Å². The van der Waals surface area contributed by atoms with Crippen LogP contribution in [0, 0.1) is 0 Å². The molecule has 30 heavy (non-hydrogen) atoms. The van der Waals surface area contributed by atoms with E-state index in [1.165, 1.54) is 5.56 Å². The van der Waals surface area contributed by atoms with Gasteiger partial charge in [-0.05, 0) is 37.7 Å². The summed E-state index contributed by atoms with van der Waals surface area (Å²) in [6, 6.07) is 10.8. The number of aryl methyl sites for hydroxylation is 1. The standard InChI is InChI=1S/C24H35N3O3/c1-20(28)25-14-16-26(17-15-25)22-9-18-30-24(19-22)10-12-27(13-11-24)23(29)8-7-21-5-3-2-4-6-21/h2-6,22H,7-19H2,1H3/t22-/m1/s1. The van der Waals surface area contributed by atoms with Gasteiger partial charge in [0.15, 0.2) is 0 Å². The first kappa shape index (κ1) is 21.3. The Bertz CT molecular complexity index is 722. The van der Waals surface area contributed by atoms with Gasteiger partial charge in [0.05, 0.1) is 5.60 Å². The minimum absolute atomic E-state index is 0.0726. The zero-order valence-electron chi connectivity index (χ0n) is 18.2. The van der Waals surface area contributed by atoms with Crippen molar-refractivity contribution in [3.8, 4) is 0 Å². The molecule has 0 saturated carbocycles. The first-order valence-corrected chi connectivity index (χ1v) is 11.5. The molecular formula is C24H35N3O3. The van der Waals surface area contributed by atoms with E-state index in [-0.39, 0.29) is 17.4 Å². The zero-order valence-corrected chi connectivity index (χ0v) is 18.2. The van der Waals surface area contributed by atoms with Gasteiger partial charge < -0.3 is 14.5 Å². The minimum atomic E-state index is -0.0726. The number of piperazine rings is 1. The monoisotopic (exact) mass is 413 g/mol. The molecule has 0 unspecified atom stereocenters. The highest BCUT2D eigenvalue weighted by atomic mass is 16.5. The van der Waals surface area contributed by atoms with Gasteiger partial charge in [-0.3, -0.25) is 14.5 Å². The van der Waals surface area contributed by atoms with Gasteiger partial charge in [-0.2, -0.15) is 0 Å². The van der Waals surface area contributed by atoms with Crippen LogP contribution in [0.25, 0.3) is 0 Å². The summed E-state index contributed by atoms with van der Waals surface area (Å²) in [5, 5.41) is 0. The molecule has 1 spiro atoms. The van der Waals surface area contributed by atoms with Crippen molar-refractivity contribution in [2.24, 2.45) is 0 Å². The normalized spacial score (nSPS) is 24.8. The third-order valence-corrected chi connectivity index (χ3v) is 7.24. The second kappa shape index (κ2) is 9.48. The average molecular weight is 414 g/mol. The summed E-state index contributed by atoms with van der Waals surface area (Å²) in [5.41, 5.74) is 1.15. The van der Waals surface area contributed by atoms with Crippen molar-refractivity contribution in [2.45, 2.75) is 57.1 Å². The fourth-order valence-corrected chi connectivity index (χ4v) is 5.28. The summed E-state index contributed by atoms with van der Waals surface area (Å²) in [5.74, 6) is 0.448. The van der Waals surface area contributed by atoms with E-state index in [2.05, 4.69) is 17.0 Å². The van der Waals surface area contributed by atoms with Gasteiger partial charge in [0.25, 0.3) is 0 Å². The van der Waals surface area contributed by atoms with E-state index >= 15 is 0 Å². The quantitative estimate of drug-likeness (QED) is 0.760. The second-order valence-corrected chi connectivity index (χ2v) is 9.09. The Balaban J connectivity index is 1.25. The molecule has 3 fully saturated rings. The lowest BCUT2D eigenvalue weighted by atomic mass is 9.81. The Hall–Kier alpha value is -1.92. The van der Waals surface area contributed by atoms with E-state index in [1.54, 1.807) is 6.92 Å². The lowest BCUT2D eigenvalue weighted by molar-refractivity contribution is -0.151. The topological polar surface area (TPSA) is 53.1 Å².